The van der Waals surface area contributed by atoms with Gasteiger partial charge in [0.25, 0.3) is 0 Å². The normalized spacial score (nSPS) is 12.0. The van der Waals surface area contributed by atoms with Crippen molar-refractivity contribution in [2.75, 3.05) is 6.26 Å². The molecule has 45 heavy (non-hydrogen) atoms. The highest BCUT2D eigenvalue weighted by molar-refractivity contribution is 9.08. The molecule has 0 fully saturated rings. The Morgan fingerprint density at radius 3 is 1.93 bits per heavy atom. The van der Waals surface area contributed by atoms with Crippen LogP contribution in [0.15, 0.2) is 138 Å². The second kappa shape index (κ2) is 11.8. The molecule has 9 heteroatoms. The number of alkyl halides is 1. The molecule has 0 N–H and O–H groups in total. The van der Waals surface area contributed by atoms with Gasteiger partial charge in [-0.25, -0.2) is 18.4 Å². The molecule has 0 atom stereocenters. The summed E-state index contributed by atoms with van der Waals surface area (Å²) in [6, 6.07) is 41.0. The standard InChI is InChI=1S/C36H27BrN4O2S2/c1-45(42,43)34-20-19-33(44-34)35-38-23-26-21-25(17-18-31(26)39-35)30-24-41(40-32(30)22-37)36(27-11-5-2-6-12-27,28-13-7-3-8-14-28)29-15-9-4-10-16-29/h2-21,23-24H,22H2,1H3. The molecule has 4 aromatic carbocycles. The summed E-state index contributed by atoms with van der Waals surface area (Å²) in [6.07, 6.45) is 5.14. The summed E-state index contributed by atoms with van der Waals surface area (Å²) in [5.41, 5.74) is 6.27. The molecule has 0 saturated carbocycles. The number of nitrogens with zero attached hydrogens (tertiary/aromatic N) is 4. The monoisotopic (exact) mass is 690 g/mol. The highest BCUT2D eigenvalue weighted by Crippen LogP contribution is 2.42. The van der Waals surface area contributed by atoms with Crippen LogP contribution in [-0.2, 0) is 20.7 Å². The SMILES string of the molecule is CS(=O)(=O)c1ccc(-c2ncc3cc(-c4cn(C(c5ccccc5)(c5ccccc5)c5ccccc5)nc4CBr)ccc3n2)s1. The zero-order valence-electron chi connectivity index (χ0n) is 24.2. The lowest BCUT2D eigenvalue weighted by Crippen LogP contribution is -2.38. The van der Waals surface area contributed by atoms with Gasteiger partial charge in [-0.15, -0.1) is 11.3 Å². The minimum Gasteiger partial charge on any atom is -0.252 e. The lowest BCUT2D eigenvalue weighted by molar-refractivity contribution is 0.457. The molecule has 0 aliphatic heterocycles. The third-order valence-corrected chi connectivity index (χ3v) is 11.3. The summed E-state index contributed by atoms with van der Waals surface area (Å²) in [5.74, 6) is 0.502. The van der Waals surface area contributed by atoms with Gasteiger partial charge in [-0.3, -0.25) is 4.68 Å². The summed E-state index contributed by atoms with van der Waals surface area (Å²) < 4.78 is 26.4. The lowest BCUT2D eigenvalue weighted by Gasteiger charge is -2.36. The van der Waals surface area contributed by atoms with E-state index in [1.807, 2.05) is 24.3 Å². The predicted octanol–water partition coefficient (Wildman–Crippen LogP) is 8.36. The first-order chi connectivity index (χ1) is 21.9. The first-order valence-electron chi connectivity index (χ1n) is 14.3. The fraction of sp³-hybridized carbons (Fsp3) is 0.0833. The Morgan fingerprint density at radius 1 is 0.800 bits per heavy atom. The van der Waals surface area contributed by atoms with Crippen molar-refractivity contribution in [3.8, 4) is 21.8 Å². The number of hydrogen-bond donors (Lipinski definition) is 0. The Bertz CT molecular complexity index is 2140. The number of halogens is 1. The van der Waals surface area contributed by atoms with Crippen molar-refractivity contribution < 1.29 is 8.42 Å². The summed E-state index contributed by atoms with van der Waals surface area (Å²) in [6.45, 7) is 0. The maximum absolute atomic E-state index is 12.0. The van der Waals surface area contributed by atoms with E-state index >= 15 is 0 Å². The minimum atomic E-state index is -3.29. The Balaban J connectivity index is 1.38. The number of aromatic nitrogens is 4. The topological polar surface area (TPSA) is 77.7 Å². The lowest BCUT2D eigenvalue weighted by atomic mass is 9.77. The van der Waals surface area contributed by atoms with Crippen LogP contribution in [0.1, 0.15) is 22.4 Å². The summed E-state index contributed by atoms with van der Waals surface area (Å²) >= 11 is 4.89. The van der Waals surface area contributed by atoms with Gasteiger partial charge in [0.05, 0.1) is 16.1 Å². The second-order valence-electron chi connectivity index (χ2n) is 10.7. The van der Waals surface area contributed by atoms with Crippen molar-refractivity contribution in [1.29, 1.82) is 0 Å². The quantitative estimate of drug-likeness (QED) is 0.118. The van der Waals surface area contributed by atoms with E-state index in [1.54, 1.807) is 18.3 Å². The molecule has 0 saturated heterocycles. The molecule has 6 nitrogen and oxygen atoms in total. The zero-order chi connectivity index (χ0) is 31.0. The fourth-order valence-corrected chi connectivity index (χ4v) is 8.10. The van der Waals surface area contributed by atoms with E-state index in [9.17, 15) is 8.42 Å². The molecule has 0 aliphatic carbocycles. The van der Waals surface area contributed by atoms with Crippen molar-refractivity contribution in [1.82, 2.24) is 19.7 Å². The average Bonchev–Trinajstić information content (AvgIpc) is 3.75. The summed E-state index contributed by atoms with van der Waals surface area (Å²) in [7, 11) is -3.29. The van der Waals surface area contributed by atoms with Crippen LogP contribution < -0.4 is 0 Å². The average molecular weight is 692 g/mol. The Kier molecular flexibility index (Phi) is 7.69. The molecule has 0 unspecified atom stereocenters. The molecule has 0 radical (unpaired) electrons. The van der Waals surface area contributed by atoms with E-state index < -0.39 is 15.4 Å². The summed E-state index contributed by atoms with van der Waals surface area (Å²) in [5, 5.41) is 6.70. The van der Waals surface area contributed by atoms with Crippen LogP contribution in [0.5, 0.6) is 0 Å². The Labute approximate surface area is 274 Å². The minimum absolute atomic E-state index is 0.299. The Morgan fingerprint density at radius 2 is 1.40 bits per heavy atom. The van der Waals surface area contributed by atoms with E-state index in [2.05, 4.69) is 117 Å². The van der Waals surface area contributed by atoms with Crippen LogP contribution >= 0.6 is 27.3 Å². The second-order valence-corrected chi connectivity index (χ2v) is 14.6. The van der Waals surface area contributed by atoms with Gasteiger partial charge in [0.1, 0.15) is 9.75 Å². The smallest absolute Gasteiger partial charge is 0.184 e. The highest BCUT2D eigenvalue weighted by atomic mass is 79.9. The van der Waals surface area contributed by atoms with Crippen molar-refractivity contribution >= 4 is 48.0 Å². The zero-order valence-corrected chi connectivity index (χ0v) is 27.4. The van der Waals surface area contributed by atoms with Crippen LogP contribution in [0.25, 0.3) is 32.7 Å². The molecule has 3 aromatic heterocycles. The molecule has 0 bridgehead atoms. The largest absolute Gasteiger partial charge is 0.252 e. The highest BCUT2D eigenvalue weighted by Gasteiger charge is 2.40. The van der Waals surface area contributed by atoms with E-state index in [0.717, 1.165) is 44.4 Å². The molecular formula is C36H27BrN4O2S2. The third kappa shape index (κ3) is 5.31. The maximum atomic E-state index is 12.0. The molecule has 0 amide bonds. The number of benzene rings is 4. The molecular weight excluding hydrogens is 664 g/mol. The van der Waals surface area contributed by atoms with Gasteiger partial charge in [0.15, 0.2) is 15.7 Å². The van der Waals surface area contributed by atoms with Gasteiger partial charge < -0.3 is 0 Å². The van der Waals surface area contributed by atoms with Gasteiger partial charge in [0.2, 0.25) is 0 Å². The molecule has 7 rings (SSSR count). The van der Waals surface area contributed by atoms with Gasteiger partial charge >= 0.3 is 0 Å². The van der Waals surface area contributed by atoms with E-state index in [1.165, 1.54) is 17.6 Å². The Hall–Kier alpha value is -4.44. The van der Waals surface area contributed by atoms with Crippen molar-refractivity contribution in [2.24, 2.45) is 0 Å². The van der Waals surface area contributed by atoms with E-state index in [-0.39, 0.29) is 0 Å². The first-order valence-corrected chi connectivity index (χ1v) is 18.1. The number of fused-ring (bicyclic) bond motifs is 1. The van der Waals surface area contributed by atoms with Crippen molar-refractivity contribution in [3.05, 3.63) is 156 Å². The van der Waals surface area contributed by atoms with Crippen LogP contribution in [0.3, 0.4) is 0 Å². The maximum Gasteiger partial charge on any atom is 0.184 e. The number of hydrogen-bond acceptors (Lipinski definition) is 6. The fourth-order valence-electron chi connectivity index (χ4n) is 5.82. The number of rotatable bonds is 8. The van der Waals surface area contributed by atoms with E-state index in [4.69, 9.17) is 10.1 Å². The predicted molar refractivity (Wildman–Crippen MR) is 184 cm³/mol. The van der Waals surface area contributed by atoms with Crippen molar-refractivity contribution in [3.63, 3.8) is 0 Å². The van der Waals surface area contributed by atoms with Gasteiger partial charge in [-0.05, 0) is 46.5 Å². The molecule has 3 heterocycles. The van der Waals surface area contributed by atoms with Gasteiger partial charge in [0, 0.05) is 34.9 Å². The van der Waals surface area contributed by atoms with Crippen LogP contribution in [0, 0.1) is 0 Å². The van der Waals surface area contributed by atoms with Crippen LogP contribution in [0.2, 0.25) is 0 Å². The van der Waals surface area contributed by atoms with Crippen LogP contribution in [-0.4, -0.2) is 34.4 Å². The van der Waals surface area contributed by atoms with Crippen LogP contribution in [0.4, 0.5) is 0 Å². The number of thiophene rings is 1. The molecule has 222 valence electrons. The van der Waals surface area contributed by atoms with Crippen molar-refractivity contribution in [2.45, 2.75) is 15.1 Å². The molecule has 7 aromatic rings. The summed E-state index contributed by atoms with van der Waals surface area (Å²) in [4.78, 5) is 10.1. The number of sulfone groups is 1. The van der Waals surface area contributed by atoms with E-state index in [0.29, 0.717) is 20.2 Å². The molecule has 0 spiro atoms. The van der Waals surface area contributed by atoms with Gasteiger partial charge in [-0.2, -0.15) is 5.10 Å². The van der Waals surface area contributed by atoms with Gasteiger partial charge in [-0.1, -0.05) is 113 Å². The molecule has 0 aliphatic rings. The third-order valence-electron chi connectivity index (χ3n) is 7.89. The first kappa shape index (κ1) is 29.3.